The lowest BCUT2D eigenvalue weighted by Crippen LogP contribution is -2.09. The zero-order valence-corrected chi connectivity index (χ0v) is 15.4. The minimum absolute atomic E-state index is 0.235. The lowest BCUT2D eigenvalue weighted by molar-refractivity contribution is 0.602. The van der Waals surface area contributed by atoms with Crippen LogP contribution in [0.3, 0.4) is 0 Å². The predicted molar refractivity (Wildman–Crippen MR) is 95.1 cm³/mol. The lowest BCUT2D eigenvalue weighted by Gasteiger charge is -2.10. The van der Waals surface area contributed by atoms with E-state index in [0.717, 1.165) is 11.6 Å². The molecule has 9 heteroatoms. The molecule has 8 nitrogen and oxygen atoms in total. The summed E-state index contributed by atoms with van der Waals surface area (Å²) in [4.78, 5) is 8.66. The highest BCUT2D eigenvalue weighted by Crippen LogP contribution is 2.23. The third-order valence-corrected chi connectivity index (χ3v) is 5.07. The average Bonchev–Trinajstić information content (AvgIpc) is 2.92. The number of aromatic nitrogens is 5. The Hall–Kier alpha value is -2.55. The lowest BCUT2D eigenvalue weighted by atomic mass is 10.2. The molecule has 1 N–H and O–H groups in total. The minimum atomic E-state index is -3.30. The van der Waals surface area contributed by atoms with Gasteiger partial charge in [0, 0.05) is 24.6 Å². The first-order chi connectivity index (χ1) is 11.8. The number of rotatable bonds is 5. The topological polar surface area (TPSA) is 103 Å². The fourth-order valence-electron chi connectivity index (χ4n) is 2.60. The quantitative estimate of drug-likeness (QED) is 0.741. The maximum atomic E-state index is 11.8. The van der Waals surface area contributed by atoms with Gasteiger partial charge in [-0.2, -0.15) is 0 Å². The Morgan fingerprint density at radius 2 is 1.96 bits per heavy atom. The zero-order chi connectivity index (χ0) is 18.2. The maximum absolute atomic E-state index is 11.8. The van der Waals surface area contributed by atoms with E-state index in [2.05, 4.69) is 39.3 Å². The SMILES string of the molecule is CC(C)c1nnc(CNc2ncnc3ccc(S(C)(=O)=O)cc23)n1C. The van der Waals surface area contributed by atoms with Crippen molar-refractivity contribution in [2.24, 2.45) is 7.05 Å². The molecule has 2 heterocycles. The number of anilines is 1. The summed E-state index contributed by atoms with van der Waals surface area (Å²) in [7, 11) is -1.38. The number of hydrogen-bond donors (Lipinski definition) is 1. The molecule has 1 aromatic carbocycles. The summed E-state index contributed by atoms with van der Waals surface area (Å²) in [5.41, 5.74) is 0.672. The number of sulfone groups is 1. The van der Waals surface area contributed by atoms with Crippen LogP contribution in [-0.4, -0.2) is 39.4 Å². The van der Waals surface area contributed by atoms with Gasteiger partial charge in [0.2, 0.25) is 0 Å². The molecule has 2 aromatic heterocycles. The van der Waals surface area contributed by atoms with Crippen LogP contribution in [0.2, 0.25) is 0 Å². The molecule has 0 bridgehead atoms. The van der Waals surface area contributed by atoms with Gasteiger partial charge >= 0.3 is 0 Å². The Kier molecular flexibility index (Phi) is 4.42. The smallest absolute Gasteiger partial charge is 0.175 e. The summed E-state index contributed by atoms with van der Waals surface area (Å²) >= 11 is 0. The van der Waals surface area contributed by atoms with Gasteiger partial charge < -0.3 is 9.88 Å². The second kappa shape index (κ2) is 6.40. The minimum Gasteiger partial charge on any atom is -0.362 e. The van der Waals surface area contributed by atoms with E-state index in [1.807, 2.05) is 11.6 Å². The molecule has 0 fully saturated rings. The van der Waals surface area contributed by atoms with E-state index >= 15 is 0 Å². The molecule has 25 heavy (non-hydrogen) atoms. The first kappa shape index (κ1) is 17.3. The van der Waals surface area contributed by atoms with Crippen LogP contribution < -0.4 is 5.32 Å². The van der Waals surface area contributed by atoms with E-state index in [-0.39, 0.29) is 10.8 Å². The standard InChI is InChI=1S/C16H20N6O2S/c1-10(2)16-21-20-14(22(16)3)8-17-15-12-7-11(25(4,23)24)5-6-13(12)18-9-19-15/h5-7,9-10H,8H2,1-4H3,(H,17,18,19). The van der Waals surface area contributed by atoms with Crippen molar-refractivity contribution in [2.75, 3.05) is 11.6 Å². The van der Waals surface area contributed by atoms with Crippen molar-refractivity contribution in [3.63, 3.8) is 0 Å². The third kappa shape index (κ3) is 3.46. The molecule has 132 valence electrons. The van der Waals surface area contributed by atoms with Crippen molar-refractivity contribution >= 4 is 26.6 Å². The van der Waals surface area contributed by atoms with Crippen molar-refractivity contribution in [3.8, 4) is 0 Å². The van der Waals surface area contributed by atoms with E-state index < -0.39 is 9.84 Å². The highest BCUT2D eigenvalue weighted by Gasteiger charge is 2.14. The molecule has 3 rings (SSSR count). The summed E-state index contributed by atoms with van der Waals surface area (Å²) < 4.78 is 25.5. The molecule has 3 aromatic rings. The Balaban J connectivity index is 1.94. The monoisotopic (exact) mass is 360 g/mol. The van der Waals surface area contributed by atoms with E-state index in [9.17, 15) is 8.42 Å². The van der Waals surface area contributed by atoms with Crippen molar-refractivity contribution in [1.29, 1.82) is 0 Å². The second-order valence-corrected chi connectivity index (χ2v) is 8.23. The Morgan fingerprint density at radius 3 is 2.60 bits per heavy atom. The largest absolute Gasteiger partial charge is 0.362 e. The molecule has 0 amide bonds. The van der Waals surface area contributed by atoms with Gasteiger partial charge in [-0.15, -0.1) is 10.2 Å². The highest BCUT2D eigenvalue weighted by atomic mass is 32.2. The maximum Gasteiger partial charge on any atom is 0.175 e. The third-order valence-electron chi connectivity index (χ3n) is 3.96. The van der Waals surface area contributed by atoms with Crippen LogP contribution in [-0.2, 0) is 23.4 Å². The normalized spacial score (nSPS) is 12.0. The number of benzene rings is 1. The van der Waals surface area contributed by atoms with Crippen molar-refractivity contribution < 1.29 is 8.42 Å². The molecular weight excluding hydrogens is 340 g/mol. The van der Waals surface area contributed by atoms with Gasteiger partial charge in [-0.3, -0.25) is 0 Å². The summed E-state index contributed by atoms with van der Waals surface area (Å²) in [6.07, 6.45) is 2.62. The fourth-order valence-corrected chi connectivity index (χ4v) is 3.25. The van der Waals surface area contributed by atoms with Crippen LogP contribution in [0, 0.1) is 0 Å². The van der Waals surface area contributed by atoms with Crippen LogP contribution in [0.1, 0.15) is 31.4 Å². The number of nitrogens with zero attached hydrogens (tertiary/aromatic N) is 5. The zero-order valence-electron chi connectivity index (χ0n) is 14.6. The number of fused-ring (bicyclic) bond motifs is 1. The average molecular weight is 360 g/mol. The number of nitrogens with one attached hydrogen (secondary N) is 1. The van der Waals surface area contributed by atoms with E-state index in [1.165, 1.54) is 12.6 Å². The van der Waals surface area contributed by atoms with Gasteiger partial charge in [0.15, 0.2) is 15.7 Å². The Morgan fingerprint density at radius 1 is 1.20 bits per heavy atom. The summed E-state index contributed by atoms with van der Waals surface area (Å²) in [6, 6.07) is 4.81. The van der Waals surface area contributed by atoms with Crippen LogP contribution >= 0.6 is 0 Å². The molecule has 0 unspecified atom stereocenters. The molecule has 0 spiro atoms. The predicted octanol–water partition coefficient (Wildman–Crippen LogP) is 1.90. The van der Waals surface area contributed by atoms with E-state index in [1.54, 1.807) is 18.2 Å². The van der Waals surface area contributed by atoms with Gasteiger partial charge in [0.05, 0.1) is 17.0 Å². The Bertz CT molecular complexity index is 1030. The van der Waals surface area contributed by atoms with Crippen molar-refractivity contribution in [3.05, 3.63) is 36.2 Å². The molecule has 0 aliphatic rings. The fraction of sp³-hybridized carbons (Fsp3) is 0.375. The molecule has 0 aliphatic carbocycles. The summed E-state index contributed by atoms with van der Waals surface area (Å²) in [5, 5.41) is 12.3. The van der Waals surface area contributed by atoms with Gasteiger partial charge in [0.1, 0.15) is 18.0 Å². The molecule has 0 atom stereocenters. The number of hydrogen-bond acceptors (Lipinski definition) is 7. The second-order valence-electron chi connectivity index (χ2n) is 6.22. The molecular formula is C16H20N6O2S. The highest BCUT2D eigenvalue weighted by molar-refractivity contribution is 7.90. The summed E-state index contributed by atoms with van der Waals surface area (Å²) in [6.45, 7) is 4.54. The van der Waals surface area contributed by atoms with Gasteiger partial charge in [-0.25, -0.2) is 18.4 Å². The summed E-state index contributed by atoms with van der Waals surface area (Å²) in [5.74, 6) is 2.52. The van der Waals surface area contributed by atoms with E-state index in [4.69, 9.17) is 0 Å². The van der Waals surface area contributed by atoms with Gasteiger partial charge in [0.25, 0.3) is 0 Å². The van der Waals surface area contributed by atoms with Crippen molar-refractivity contribution in [1.82, 2.24) is 24.7 Å². The van der Waals surface area contributed by atoms with Crippen LogP contribution in [0.25, 0.3) is 10.9 Å². The van der Waals surface area contributed by atoms with E-state index in [0.29, 0.717) is 23.3 Å². The molecule has 0 saturated heterocycles. The Labute approximate surface area is 146 Å². The molecule has 0 radical (unpaired) electrons. The first-order valence-corrected chi connectivity index (χ1v) is 9.73. The van der Waals surface area contributed by atoms with Crippen molar-refractivity contribution in [2.45, 2.75) is 31.2 Å². The van der Waals surface area contributed by atoms with Gasteiger partial charge in [-0.05, 0) is 18.2 Å². The van der Waals surface area contributed by atoms with Crippen LogP contribution in [0.15, 0.2) is 29.4 Å². The molecule has 0 aliphatic heterocycles. The molecule has 0 saturated carbocycles. The van der Waals surface area contributed by atoms with Crippen LogP contribution in [0.5, 0.6) is 0 Å². The van der Waals surface area contributed by atoms with Gasteiger partial charge in [-0.1, -0.05) is 13.8 Å². The first-order valence-electron chi connectivity index (χ1n) is 7.84. The van der Waals surface area contributed by atoms with Crippen LogP contribution in [0.4, 0.5) is 5.82 Å².